The minimum absolute atomic E-state index is 0.187. The zero-order valence-electron chi connectivity index (χ0n) is 8.60. The van der Waals surface area contributed by atoms with E-state index >= 15 is 0 Å². The summed E-state index contributed by atoms with van der Waals surface area (Å²) in [6.07, 6.45) is -0.0603. The number of sulfonamides is 1. The number of carboxylic acid groups (broad SMARTS) is 1. The Kier molecular flexibility index (Phi) is 3.86. The van der Waals surface area contributed by atoms with Crippen LogP contribution < -0.4 is 10.0 Å². The lowest BCUT2D eigenvalue weighted by atomic mass is 10.2. The zero-order chi connectivity index (χ0) is 12.2. The number of hydrogen-bond acceptors (Lipinski definition) is 3. The molecule has 88 valence electrons. The van der Waals surface area contributed by atoms with Crippen molar-refractivity contribution in [3.63, 3.8) is 0 Å². The number of carbonyl (C=O) groups is 1. The van der Waals surface area contributed by atoms with E-state index in [9.17, 15) is 13.2 Å². The molecule has 7 heteroatoms. The molecule has 0 saturated heterocycles. The van der Waals surface area contributed by atoms with Gasteiger partial charge in [0, 0.05) is 12.2 Å². The second-order valence-corrected chi connectivity index (χ2v) is 5.05. The summed E-state index contributed by atoms with van der Waals surface area (Å²) < 4.78 is 24.0. The molecule has 0 spiro atoms. The van der Waals surface area contributed by atoms with Crippen molar-refractivity contribution in [2.24, 2.45) is 0 Å². The summed E-state index contributed by atoms with van der Waals surface area (Å²) in [5, 5.41) is 10.6. The fourth-order valence-electron chi connectivity index (χ4n) is 1.04. The molecule has 3 N–H and O–H groups in total. The van der Waals surface area contributed by atoms with Gasteiger partial charge >= 0.3 is 6.09 Å². The Balaban J connectivity index is 2.61. The van der Waals surface area contributed by atoms with Crippen molar-refractivity contribution in [1.29, 1.82) is 0 Å². The summed E-state index contributed by atoms with van der Waals surface area (Å²) >= 11 is 0. The van der Waals surface area contributed by atoms with Crippen LogP contribution in [0.25, 0.3) is 0 Å². The van der Waals surface area contributed by atoms with Gasteiger partial charge in [0.1, 0.15) is 0 Å². The van der Waals surface area contributed by atoms with Crippen molar-refractivity contribution < 1.29 is 18.3 Å². The Bertz CT molecular complexity index is 467. The van der Waals surface area contributed by atoms with E-state index in [1.54, 1.807) is 24.3 Å². The van der Waals surface area contributed by atoms with Crippen LogP contribution in [0.1, 0.15) is 5.56 Å². The molecule has 0 fully saturated rings. The third-order valence-electron chi connectivity index (χ3n) is 1.74. The van der Waals surface area contributed by atoms with Gasteiger partial charge in [-0.15, -0.1) is 0 Å². The van der Waals surface area contributed by atoms with Crippen LogP contribution in [0.3, 0.4) is 0 Å². The van der Waals surface area contributed by atoms with Crippen LogP contribution in [-0.4, -0.2) is 25.9 Å². The number of amides is 1. The van der Waals surface area contributed by atoms with Crippen LogP contribution in [-0.2, 0) is 16.6 Å². The van der Waals surface area contributed by atoms with E-state index in [-0.39, 0.29) is 6.54 Å². The number of anilines is 1. The molecule has 0 unspecified atom stereocenters. The maximum absolute atomic E-state index is 10.8. The average Bonchev–Trinajstić information content (AvgIpc) is 2.14. The number of hydrogen-bond donors (Lipinski definition) is 3. The van der Waals surface area contributed by atoms with E-state index in [0.29, 0.717) is 5.69 Å². The molecule has 0 aliphatic heterocycles. The highest BCUT2D eigenvalue weighted by Crippen LogP contribution is 2.09. The van der Waals surface area contributed by atoms with E-state index in [1.807, 2.05) is 0 Å². The summed E-state index contributed by atoms with van der Waals surface area (Å²) in [4.78, 5) is 10.3. The van der Waals surface area contributed by atoms with Gasteiger partial charge in [-0.05, 0) is 17.7 Å². The zero-order valence-corrected chi connectivity index (χ0v) is 9.41. The Morgan fingerprint density at radius 2 is 1.88 bits per heavy atom. The predicted octanol–water partition coefficient (Wildman–Crippen LogP) is 0.826. The molecule has 1 amide bonds. The van der Waals surface area contributed by atoms with E-state index in [2.05, 4.69) is 10.0 Å². The summed E-state index contributed by atoms with van der Waals surface area (Å²) in [6, 6.07) is 6.41. The van der Waals surface area contributed by atoms with E-state index < -0.39 is 16.1 Å². The van der Waals surface area contributed by atoms with E-state index in [1.165, 1.54) is 0 Å². The lowest BCUT2D eigenvalue weighted by Crippen LogP contribution is -2.21. The molecule has 0 aromatic heterocycles. The Morgan fingerprint density at radius 1 is 1.31 bits per heavy atom. The van der Waals surface area contributed by atoms with Crippen molar-refractivity contribution >= 4 is 21.8 Å². The molecular formula is C9H12N2O4S. The molecule has 0 aliphatic rings. The van der Waals surface area contributed by atoms with Gasteiger partial charge in [0.2, 0.25) is 10.0 Å². The first-order valence-electron chi connectivity index (χ1n) is 4.40. The van der Waals surface area contributed by atoms with Crippen molar-refractivity contribution in [3.8, 4) is 0 Å². The van der Waals surface area contributed by atoms with E-state index in [4.69, 9.17) is 5.11 Å². The molecule has 1 aromatic rings. The second kappa shape index (κ2) is 4.95. The molecule has 0 saturated carbocycles. The van der Waals surface area contributed by atoms with Gasteiger partial charge in [0.15, 0.2) is 0 Å². The smallest absolute Gasteiger partial charge is 0.409 e. The van der Waals surface area contributed by atoms with Crippen LogP contribution in [0.15, 0.2) is 24.3 Å². The molecule has 1 aromatic carbocycles. The average molecular weight is 244 g/mol. The third kappa shape index (κ3) is 4.76. The standard InChI is InChI=1S/C9H12N2O4S/c1-16(14,15)10-6-7-2-4-8(5-3-7)11-9(12)13/h2-5,10-11H,6H2,1H3,(H,12,13). The molecule has 0 aliphatic carbocycles. The topological polar surface area (TPSA) is 95.5 Å². The van der Waals surface area contributed by atoms with Gasteiger partial charge in [-0.25, -0.2) is 17.9 Å². The first-order chi connectivity index (χ1) is 7.37. The molecule has 0 heterocycles. The Hall–Kier alpha value is -1.60. The highest BCUT2D eigenvalue weighted by Gasteiger charge is 2.01. The van der Waals surface area contributed by atoms with E-state index in [0.717, 1.165) is 11.8 Å². The molecule has 0 bridgehead atoms. The highest BCUT2D eigenvalue weighted by molar-refractivity contribution is 7.88. The summed E-state index contributed by atoms with van der Waals surface area (Å²) in [6.45, 7) is 0.187. The molecule has 1 rings (SSSR count). The van der Waals surface area contributed by atoms with Gasteiger partial charge in [-0.1, -0.05) is 12.1 Å². The van der Waals surface area contributed by atoms with Crippen LogP contribution in [0.2, 0.25) is 0 Å². The van der Waals surface area contributed by atoms with Crippen molar-refractivity contribution in [2.45, 2.75) is 6.54 Å². The highest BCUT2D eigenvalue weighted by atomic mass is 32.2. The summed E-state index contributed by atoms with van der Waals surface area (Å²) in [5.41, 5.74) is 1.19. The van der Waals surface area contributed by atoms with Crippen LogP contribution >= 0.6 is 0 Å². The normalized spacial score (nSPS) is 11.1. The molecule has 0 atom stereocenters. The van der Waals surface area contributed by atoms with Gasteiger partial charge < -0.3 is 5.11 Å². The lowest BCUT2D eigenvalue weighted by molar-refractivity contribution is 0.209. The minimum Gasteiger partial charge on any atom is -0.465 e. The summed E-state index contributed by atoms with van der Waals surface area (Å²) in [7, 11) is -3.21. The minimum atomic E-state index is -3.21. The maximum Gasteiger partial charge on any atom is 0.409 e. The Morgan fingerprint density at radius 3 is 2.31 bits per heavy atom. The van der Waals surface area contributed by atoms with Gasteiger partial charge in [-0.2, -0.15) is 0 Å². The fraction of sp³-hybridized carbons (Fsp3) is 0.222. The van der Waals surface area contributed by atoms with Gasteiger partial charge in [0.25, 0.3) is 0 Å². The van der Waals surface area contributed by atoms with Crippen molar-refractivity contribution in [2.75, 3.05) is 11.6 Å². The first kappa shape index (κ1) is 12.5. The monoisotopic (exact) mass is 244 g/mol. The predicted molar refractivity (Wildman–Crippen MR) is 59.8 cm³/mol. The van der Waals surface area contributed by atoms with Crippen LogP contribution in [0.4, 0.5) is 10.5 Å². The fourth-order valence-corrected chi connectivity index (χ4v) is 1.47. The second-order valence-electron chi connectivity index (χ2n) is 3.22. The van der Waals surface area contributed by atoms with Crippen LogP contribution in [0, 0.1) is 0 Å². The number of rotatable bonds is 4. The van der Waals surface area contributed by atoms with Crippen molar-refractivity contribution in [3.05, 3.63) is 29.8 Å². The Labute approximate surface area is 93.3 Å². The largest absolute Gasteiger partial charge is 0.465 e. The quantitative estimate of drug-likeness (QED) is 0.730. The molecular weight excluding hydrogens is 232 g/mol. The number of benzene rings is 1. The molecule has 6 nitrogen and oxygen atoms in total. The number of nitrogens with one attached hydrogen (secondary N) is 2. The van der Waals surface area contributed by atoms with Crippen molar-refractivity contribution in [1.82, 2.24) is 4.72 Å². The summed E-state index contributed by atoms with van der Waals surface area (Å²) in [5.74, 6) is 0. The maximum atomic E-state index is 10.8. The SMILES string of the molecule is CS(=O)(=O)NCc1ccc(NC(=O)O)cc1. The molecule has 0 radical (unpaired) electrons. The third-order valence-corrected chi connectivity index (χ3v) is 2.41. The molecule has 16 heavy (non-hydrogen) atoms. The lowest BCUT2D eigenvalue weighted by Gasteiger charge is -2.04. The first-order valence-corrected chi connectivity index (χ1v) is 6.29. The van der Waals surface area contributed by atoms with Crippen LogP contribution in [0.5, 0.6) is 0 Å². The van der Waals surface area contributed by atoms with Gasteiger partial charge in [-0.3, -0.25) is 5.32 Å². The van der Waals surface area contributed by atoms with Gasteiger partial charge in [0.05, 0.1) is 6.26 Å².